The van der Waals surface area contributed by atoms with Crippen molar-refractivity contribution in [2.24, 2.45) is 0 Å². The number of nitrogen functional groups attached to an aromatic ring is 1. The summed E-state index contributed by atoms with van der Waals surface area (Å²) in [5.41, 5.74) is 6.49. The molecular formula is C14H23N3O3. The van der Waals surface area contributed by atoms with Gasteiger partial charge >= 0.3 is 0 Å². The standard InChI is InChI=1S/C14H23N3O3/c1-3-19-9-7-17(8-10-20-4-2)14(18)13-6-5-12(15)11-16-13/h5-6,11H,3-4,7-10,15H2,1-2H3. The molecule has 0 atom stereocenters. The van der Waals surface area contributed by atoms with E-state index in [1.54, 1.807) is 17.0 Å². The maximum atomic E-state index is 12.4. The number of aromatic nitrogens is 1. The fourth-order valence-corrected chi connectivity index (χ4v) is 1.65. The van der Waals surface area contributed by atoms with Crippen molar-refractivity contribution in [3.63, 3.8) is 0 Å². The molecule has 0 fully saturated rings. The number of anilines is 1. The number of hydrogen-bond donors (Lipinski definition) is 1. The van der Waals surface area contributed by atoms with Gasteiger partial charge in [-0.25, -0.2) is 4.98 Å². The van der Waals surface area contributed by atoms with Crippen molar-refractivity contribution in [2.75, 3.05) is 45.3 Å². The molecule has 0 bridgehead atoms. The zero-order valence-corrected chi connectivity index (χ0v) is 12.2. The second kappa shape index (κ2) is 9.28. The number of nitrogens with two attached hydrogens (primary N) is 1. The van der Waals surface area contributed by atoms with Crippen LogP contribution in [0.25, 0.3) is 0 Å². The fourth-order valence-electron chi connectivity index (χ4n) is 1.65. The fraction of sp³-hybridized carbons (Fsp3) is 0.571. The van der Waals surface area contributed by atoms with Gasteiger partial charge < -0.3 is 20.1 Å². The van der Waals surface area contributed by atoms with E-state index in [1.807, 2.05) is 13.8 Å². The summed E-state index contributed by atoms with van der Waals surface area (Å²) >= 11 is 0. The van der Waals surface area contributed by atoms with Crippen molar-refractivity contribution in [1.82, 2.24) is 9.88 Å². The van der Waals surface area contributed by atoms with Crippen LogP contribution in [0.3, 0.4) is 0 Å². The van der Waals surface area contributed by atoms with Crippen LogP contribution in [0, 0.1) is 0 Å². The van der Waals surface area contributed by atoms with Crippen molar-refractivity contribution in [3.05, 3.63) is 24.0 Å². The van der Waals surface area contributed by atoms with E-state index in [2.05, 4.69) is 4.98 Å². The molecule has 0 aromatic carbocycles. The van der Waals surface area contributed by atoms with Gasteiger partial charge in [0.25, 0.3) is 5.91 Å². The van der Waals surface area contributed by atoms with Crippen LogP contribution in [0.5, 0.6) is 0 Å². The summed E-state index contributed by atoms with van der Waals surface area (Å²) < 4.78 is 10.6. The maximum absolute atomic E-state index is 12.4. The lowest BCUT2D eigenvalue weighted by Gasteiger charge is -2.22. The SMILES string of the molecule is CCOCCN(CCOCC)C(=O)c1ccc(N)cn1. The highest BCUT2D eigenvalue weighted by atomic mass is 16.5. The van der Waals surface area contributed by atoms with Crippen molar-refractivity contribution < 1.29 is 14.3 Å². The van der Waals surface area contributed by atoms with E-state index in [4.69, 9.17) is 15.2 Å². The van der Waals surface area contributed by atoms with Gasteiger partial charge in [0, 0.05) is 26.3 Å². The number of carbonyl (C=O) groups is 1. The summed E-state index contributed by atoms with van der Waals surface area (Å²) in [7, 11) is 0. The molecule has 1 amide bonds. The molecule has 0 radical (unpaired) electrons. The topological polar surface area (TPSA) is 77.7 Å². The third kappa shape index (κ3) is 5.54. The van der Waals surface area contributed by atoms with Gasteiger partial charge in [-0.2, -0.15) is 0 Å². The molecule has 112 valence electrons. The highest BCUT2D eigenvalue weighted by Gasteiger charge is 2.16. The van der Waals surface area contributed by atoms with Crippen molar-refractivity contribution in [2.45, 2.75) is 13.8 Å². The van der Waals surface area contributed by atoms with Gasteiger partial charge in [0.05, 0.1) is 25.1 Å². The Morgan fingerprint density at radius 1 is 1.20 bits per heavy atom. The summed E-state index contributed by atoms with van der Waals surface area (Å²) in [6, 6.07) is 3.30. The molecule has 6 heteroatoms. The smallest absolute Gasteiger partial charge is 0.272 e. The molecule has 0 saturated carbocycles. The van der Waals surface area contributed by atoms with E-state index in [-0.39, 0.29) is 5.91 Å². The Morgan fingerprint density at radius 3 is 2.25 bits per heavy atom. The molecule has 0 aliphatic heterocycles. The van der Waals surface area contributed by atoms with Crippen LogP contribution in [0.4, 0.5) is 5.69 Å². The van der Waals surface area contributed by atoms with Crippen molar-refractivity contribution in [1.29, 1.82) is 0 Å². The Kier molecular flexibility index (Phi) is 7.60. The monoisotopic (exact) mass is 281 g/mol. The van der Waals surface area contributed by atoms with E-state index in [1.165, 1.54) is 6.20 Å². The molecule has 0 saturated heterocycles. The summed E-state index contributed by atoms with van der Waals surface area (Å²) in [4.78, 5) is 18.1. The molecule has 20 heavy (non-hydrogen) atoms. The maximum Gasteiger partial charge on any atom is 0.272 e. The average molecular weight is 281 g/mol. The lowest BCUT2D eigenvalue weighted by Crippen LogP contribution is -2.37. The summed E-state index contributed by atoms with van der Waals surface area (Å²) in [6.07, 6.45) is 1.48. The number of ether oxygens (including phenoxy) is 2. The van der Waals surface area contributed by atoms with Crippen LogP contribution in [0.1, 0.15) is 24.3 Å². The third-order valence-electron chi connectivity index (χ3n) is 2.71. The Bertz CT molecular complexity index is 385. The Labute approximate surface area is 119 Å². The normalized spacial score (nSPS) is 10.5. The first-order valence-corrected chi connectivity index (χ1v) is 6.85. The second-order valence-corrected chi connectivity index (χ2v) is 4.16. The molecule has 1 aromatic heterocycles. The number of hydrogen-bond acceptors (Lipinski definition) is 5. The molecule has 1 rings (SSSR count). The van der Waals surface area contributed by atoms with Gasteiger partial charge in [0.15, 0.2) is 0 Å². The predicted octanol–water partition coefficient (Wildman–Crippen LogP) is 1.18. The van der Waals surface area contributed by atoms with Gasteiger partial charge in [0.1, 0.15) is 5.69 Å². The van der Waals surface area contributed by atoms with E-state index in [0.29, 0.717) is 50.9 Å². The molecule has 2 N–H and O–H groups in total. The van der Waals surface area contributed by atoms with E-state index in [0.717, 1.165) is 0 Å². The minimum absolute atomic E-state index is 0.135. The van der Waals surface area contributed by atoms with Gasteiger partial charge in [-0.1, -0.05) is 0 Å². The van der Waals surface area contributed by atoms with Gasteiger partial charge in [-0.15, -0.1) is 0 Å². The first kappa shape index (κ1) is 16.4. The Hall–Kier alpha value is -1.66. The number of nitrogens with zero attached hydrogens (tertiary/aromatic N) is 2. The van der Waals surface area contributed by atoms with Crippen molar-refractivity contribution >= 4 is 11.6 Å². The van der Waals surface area contributed by atoms with E-state index in [9.17, 15) is 4.79 Å². The summed E-state index contributed by atoms with van der Waals surface area (Å²) in [5, 5.41) is 0. The quantitative estimate of drug-likeness (QED) is 0.688. The number of carbonyl (C=O) groups excluding carboxylic acids is 1. The van der Waals surface area contributed by atoms with Crippen LogP contribution in [0.15, 0.2) is 18.3 Å². The molecule has 1 aromatic rings. The first-order valence-electron chi connectivity index (χ1n) is 6.85. The molecule has 0 unspecified atom stereocenters. The number of pyridine rings is 1. The highest BCUT2D eigenvalue weighted by Crippen LogP contribution is 2.05. The zero-order chi connectivity index (χ0) is 14.8. The van der Waals surface area contributed by atoms with E-state index >= 15 is 0 Å². The molecule has 1 heterocycles. The molecular weight excluding hydrogens is 258 g/mol. The zero-order valence-electron chi connectivity index (χ0n) is 12.2. The number of rotatable bonds is 9. The summed E-state index contributed by atoms with van der Waals surface area (Å²) in [5.74, 6) is -0.135. The van der Waals surface area contributed by atoms with Crippen LogP contribution in [-0.2, 0) is 9.47 Å². The third-order valence-corrected chi connectivity index (χ3v) is 2.71. The largest absolute Gasteiger partial charge is 0.397 e. The number of amides is 1. The van der Waals surface area contributed by atoms with Gasteiger partial charge in [-0.05, 0) is 26.0 Å². The van der Waals surface area contributed by atoms with Gasteiger partial charge in [0.2, 0.25) is 0 Å². The first-order chi connectivity index (χ1) is 9.69. The summed E-state index contributed by atoms with van der Waals surface area (Å²) in [6.45, 7) is 7.16. The molecule has 0 aliphatic carbocycles. The van der Waals surface area contributed by atoms with E-state index < -0.39 is 0 Å². The second-order valence-electron chi connectivity index (χ2n) is 4.16. The average Bonchev–Trinajstić information content (AvgIpc) is 2.46. The lowest BCUT2D eigenvalue weighted by molar-refractivity contribution is 0.0545. The van der Waals surface area contributed by atoms with Gasteiger partial charge in [-0.3, -0.25) is 4.79 Å². The minimum Gasteiger partial charge on any atom is -0.397 e. The van der Waals surface area contributed by atoms with Crippen LogP contribution in [-0.4, -0.2) is 55.3 Å². The van der Waals surface area contributed by atoms with Crippen molar-refractivity contribution in [3.8, 4) is 0 Å². The Morgan fingerprint density at radius 2 is 1.80 bits per heavy atom. The lowest BCUT2D eigenvalue weighted by atomic mass is 10.3. The van der Waals surface area contributed by atoms with Crippen LogP contribution in [0.2, 0.25) is 0 Å². The van der Waals surface area contributed by atoms with Crippen LogP contribution >= 0.6 is 0 Å². The highest BCUT2D eigenvalue weighted by molar-refractivity contribution is 5.92. The molecule has 0 aliphatic rings. The minimum atomic E-state index is -0.135. The van der Waals surface area contributed by atoms with Crippen LogP contribution < -0.4 is 5.73 Å². The molecule has 6 nitrogen and oxygen atoms in total. The predicted molar refractivity (Wildman–Crippen MR) is 77.5 cm³/mol. The Balaban J connectivity index is 2.63. The molecule has 0 spiro atoms.